The van der Waals surface area contributed by atoms with E-state index in [0.717, 1.165) is 0 Å². The molecule has 1 N–H and O–H groups in total. The standard InChI is InChI=1S/C8H6BrFO/c9-4-3-6-5-7(10)1-2-8(6)11/h1-5,11H/b4-3+. The van der Waals surface area contributed by atoms with Gasteiger partial charge in [0.2, 0.25) is 0 Å². The molecular formula is C8H6BrFO. The summed E-state index contributed by atoms with van der Waals surface area (Å²) in [7, 11) is 0. The maximum Gasteiger partial charge on any atom is 0.124 e. The van der Waals surface area contributed by atoms with Gasteiger partial charge in [-0.2, -0.15) is 0 Å². The summed E-state index contributed by atoms with van der Waals surface area (Å²) in [6, 6.07) is 3.78. The monoisotopic (exact) mass is 216 g/mol. The Morgan fingerprint density at radius 1 is 1.45 bits per heavy atom. The van der Waals surface area contributed by atoms with Crippen LogP contribution in [0.3, 0.4) is 0 Å². The second-order valence-electron chi connectivity index (χ2n) is 2.00. The lowest BCUT2D eigenvalue weighted by molar-refractivity contribution is 0.471. The molecule has 0 aliphatic carbocycles. The Balaban J connectivity index is 3.12. The number of aromatic hydroxyl groups is 1. The Labute approximate surface area is 72.3 Å². The van der Waals surface area contributed by atoms with Crippen LogP contribution in [0.25, 0.3) is 6.08 Å². The lowest BCUT2D eigenvalue weighted by Gasteiger charge is -1.96. The Kier molecular flexibility index (Phi) is 2.65. The molecule has 58 valence electrons. The van der Waals surface area contributed by atoms with Gasteiger partial charge in [-0.15, -0.1) is 0 Å². The highest BCUT2D eigenvalue weighted by molar-refractivity contribution is 9.11. The highest BCUT2D eigenvalue weighted by Crippen LogP contribution is 2.19. The molecular weight excluding hydrogens is 211 g/mol. The molecule has 0 spiro atoms. The molecule has 1 aromatic rings. The van der Waals surface area contributed by atoms with Crippen molar-refractivity contribution < 1.29 is 9.50 Å². The lowest BCUT2D eigenvalue weighted by atomic mass is 10.2. The second-order valence-corrected chi connectivity index (χ2v) is 2.52. The molecule has 0 bridgehead atoms. The highest BCUT2D eigenvalue weighted by atomic mass is 79.9. The molecule has 0 saturated heterocycles. The average molecular weight is 217 g/mol. The number of phenols is 1. The zero-order valence-electron chi connectivity index (χ0n) is 5.59. The van der Waals surface area contributed by atoms with Crippen molar-refractivity contribution in [2.45, 2.75) is 0 Å². The van der Waals surface area contributed by atoms with E-state index in [1.807, 2.05) is 0 Å². The average Bonchev–Trinajstić information content (AvgIpc) is 1.98. The van der Waals surface area contributed by atoms with Gasteiger partial charge in [-0.3, -0.25) is 0 Å². The smallest absolute Gasteiger partial charge is 0.124 e. The fraction of sp³-hybridized carbons (Fsp3) is 0. The summed E-state index contributed by atoms with van der Waals surface area (Å²) in [6.07, 6.45) is 1.57. The van der Waals surface area contributed by atoms with Gasteiger partial charge in [0.25, 0.3) is 0 Å². The molecule has 0 unspecified atom stereocenters. The maximum absolute atomic E-state index is 12.5. The summed E-state index contributed by atoms with van der Waals surface area (Å²) in [5.41, 5.74) is 0.460. The fourth-order valence-corrected chi connectivity index (χ4v) is 1.01. The van der Waals surface area contributed by atoms with Crippen LogP contribution in [0.15, 0.2) is 23.2 Å². The van der Waals surface area contributed by atoms with Gasteiger partial charge in [-0.25, -0.2) is 4.39 Å². The van der Waals surface area contributed by atoms with Gasteiger partial charge >= 0.3 is 0 Å². The van der Waals surface area contributed by atoms with Crippen LogP contribution < -0.4 is 0 Å². The summed E-state index contributed by atoms with van der Waals surface area (Å²) in [4.78, 5) is 1.56. The van der Waals surface area contributed by atoms with Crippen LogP contribution in [0.1, 0.15) is 5.56 Å². The van der Waals surface area contributed by atoms with E-state index in [0.29, 0.717) is 5.56 Å². The van der Waals surface area contributed by atoms with E-state index in [2.05, 4.69) is 15.9 Å². The van der Waals surface area contributed by atoms with Crippen LogP contribution in [0.5, 0.6) is 5.75 Å². The van der Waals surface area contributed by atoms with E-state index in [1.54, 1.807) is 11.1 Å². The van der Waals surface area contributed by atoms with Crippen molar-refractivity contribution in [1.82, 2.24) is 0 Å². The van der Waals surface area contributed by atoms with Crippen molar-refractivity contribution in [1.29, 1.82) is 0 Å². The number of rotatable bonds is 1. The third-order valence-electron chi connectivity index (χ3n) is 1.23. The van der Waals surface area contributed by atoms with E-state index >= 15 is 0 Å². The third-order valence-corrected chi connectivity index (χ3v) is 1.50. The third kappa shape index (κ3) is 2.05. The van der Waals surface area contributed by atoms with Crippen LogP contribution in [0.2, 0.25) is 0 Å². The molecule has 11 heavy (non-hydrogen) atoms. The van der Waals surface area contributed by atoms with E-state index in [9.17, 15) is 4.39 Å². The SMILES string of the molecule is Oc1ccc(F)cc1/C=C/Br. The molecule has 0 aliphatic rings. The topological polar surface area (TPSA) is 20.2 Å². The minimum atomic E-state index is -0.358. The molecule has 0 saturated carbocycles. The molecule has 1 rings (SSSR count). The van der Waals surface area contributed by atoms with Crippen molar-refractivity contribution in [3.05, 3.63) is 34.6 Å². The lowest BCUT2D eigenvalue weighted by Crippen LogP contribution is -1.77. The molecule has 0 aromatic heterocycles. The molecule has 1 nitrogen and oxygen atoms in total. The summed E-state index contributed by atoms with van der Waals surface area (Å²) in [5.74, 6) is -0.287. The second kappa shape index (κ2) is 3.53. The van der Waals surface area contributed by atoms with E-state index in [-0.39, 0.29) is 11.6 Å². The van der Waals surface area contributed by atoms with Crippen LogP contribution in [0.4, 0.5) is 4.39 Å². The number of hydrogen-bond donors (Lipinski definition) is 1. The van der Waals surface area contributed by atoms with Crippen LogP contribution >= 0.6 is 15.9 Å². The van der Waals surface area contributed by atoms with Gasteiger partial charge in [-0.05, 0) is 29.3 Å². The van der Waals surface area contributed by atoms with Gasteiger partial charge in [0.05, 0.1) is 0 Å². The number of benzene rings is 1. The van der Waals surface area contributed by atoms with Gasteiger partial charge < -0.3 is 5.11 Å². The Morgan fingerprint density at radius 2 is 2.18 bits per heavy atom. The first kappa shape index (κ1) is 8.27. The van der Waals surface area contributed by atoms with Crippen LogP contribution in [-0.2, 0) is 0 Å². The first-order chi connectivity index (χ1) is 5.24. The quantitative estimate of drug-likeness (QED) is 0.766. The van der Waals surface area contributed by atoms with E-state index < -0.39 is 0 Å². The normalized spacial score (nSPS) is 10.7. The van der Waals surface area contributed by atoms with Crippen molar-refractivity contribution in [3.8, 4) is 5.75 Å². The van der Waals surface area contributed by atoms with Crippen LogP contribution in [0, 0.1) is 5.82 Å². The summed E-state index contributed by atoms with van der Waals surface area (Å²) in [5, 5.41) is 9.13. The number of phenolic OH excluding ortho intramolecular Hbond substituents is 1. The Hall–Kier alpha value is -0.830. The van der Waals surface area contributed by atoms with Crippen LogP contribution in [-0.4, -0.2) is 5.11 Å². The minimum absolute atomic E-state index is 0.0714. The molecule has 0 fully saturated rings. The van der Waals surface area contributed by atoms with Gasteiger partial charge in [-0.1, -0.05) is 15.9 Å². The van der Waals surface area contributed by atoms with Gasteiger partial charge in [0.15, 0.2) is 0 Å². The number of halogens is 2. The van der Waals surface area contributed by atoms with Crippen molar-refractivity contribution in [2.24, 2.45) is 0 Å². The summed E-state index contributed by atoms with van der Waals surface area (Å²) in [6.45, 7) is 0. The van der Waals surface area contributed by atoms with E-state index in [4.69, 9.17) is 5.11 Å². The number of hydrogen-bond acceptors (Lipinski definition) is 1. The summed E-state index contributed by atoms with van der Waals surface area (Å²) >= 11 is 3.03. The largest absolute Gasteiger partial charge is 0.507 e. The first-order valence-corrected chi connectivity index (χ1v) is 3.91. The predicted octanol–water partition coefficient (Wildman–Crippen LogP) is 2.90. The van der Waals surface area contributed by atoms with E-state index in [1.165, 1.54) is 18.2 Å². The molecule has 0 amide bonds. The first-order valence-electron chi connectivity index (χ1n) is 2.99. The Morgan fingerprint density at radius 3 is 2.82 bits per heavy atom. The zero-order chi connectivity index (χ0) is 8.27. The molecule has 3 heteroatoms. The summed E-state index contributed by atoms with van der Waals surface area (Å²) < 4.78 is 12.5. The highest BCUT2D eigenvalue weighted by Gasteiger charge is 1.97. The fourth-order valence-electron chi connectivity index (χ4n) is 0.727. The predicted molar refractivity (Wildman–Crippen MR) is 46.0 cm³/mol. The Bertz CT molecular complexity index is 283. The molecule has 1 aromatic carbocycles. The maximum atomic E-state index is 12.5. The van der Waals surface area contributed by atoms with Crippen molar-refractivity contribution >= 4 is 22.0 Å². The van der Waals surface area contributed by atoms with Crippen molar-refractivity contribution in [3.63, 3.8) is 0 Å². The minimum Gasteiger partial charge on any atom is -0.507 e. The zero-order valence-corrected chi connectivity index (χ0v) is 7.18. The van der Waals surface area contributed by atoms with Gasteiger partial charge in [0.1, 0.15) is 11.6 Å². The molecule has 0 aliphatic heterocycles. The molecule has 0 atom stereocenters. The molecule has 0 heterocycles. The van der Waals surface area contributed by atoms with Gasteiger partial charge in [0, 0.05) is 5.56 Å². The van der Waals surface area contributed by atoms with Crippen molar-refractivity contribution in [2.75, 3.05) is 0 Å². The molecule has 0 radical (unpaired) electrons.